The Morgan fingerprint density at radius 3 is 2.23 bits per heavy atom. The molecule has 4 N–H and O–H groups in total. The number of fused-ring (bicyclic) bond motifs is 1. The van der Waals surface area contributed by atoms with E-state index < -0.39 is 37.3 Å². The van der Waals surface area contributed by atoms with Gasteiger partial charge in [-0.05, 0) is 42.4 Å². The second-order valence-electron chi connectivity index (χ2n) is 13.2. The molecule has 11 heteroatoms. The van der Waals surface area contributed by atoms with Crippen molar-refractivity contribution in [3.63, 3.8) is 0 Å². The molecule has 0 saturated carbocycles. The molecule has 262 valence electrons. The van der Waals surface area contributed by atoms with Gasteiger partial charge in [-0.2, -0.15) is 0 Å². The zero-order valence-corrected chi connectivity index (χ0v) is 28.5. The van der Waals surface area contributed by atoms with Crippen molar-refractivity contribution >= 4 is 28.7 Å². The first-order chi connectivity index (χ1) is 22.9. The largest absolute Gasteiger partial charge is 0.497 e. The van der Waals surface area contributed by atoms with Gasteiger partial charge in [0.15, 0.2) is 12.1 Å². The van der Waals surface area contributed by atoms with Crippen molar-refractivity contribution in [1.29, 1.82) is 0 Å². The standard InChI is InChI=1S/C37H50N2O9/c1-23(2)14-16-38(17-15-24(3)4)32(41)21-39-20-29(28-13-12-27(46-5)19-30(28)39)33(42)26-10-8-25(9-11-26)7-6-18-47-37-36(45)35(44)34(43)31(22-40)48-37/h6-13,19-20,23-24,31,34-37,40,43-45H,14-18,21-22H2,1-5H3/b7-6+/t31-,34+,35+,36-,37?/m1/s1. The Morgan fingerprint density at radius 1 is 0.958 bits per heavy atom. The fraction of sp³-hybridized carbons (Fsp3) is 0.514. The number of benzene rings is 2. The number of hydrogen-bond acceptors (Lipinski definition) is 9. The van der Waals surface area contributed by atoms with E-state index >= 15 is 0 Å². The van der Waals surface area contributed by atoms with E-state index in [1.165, 1.54) is 0 Å². The molecule has 1 aromatic heterocycles. The molecule has 1 aliphatic rings. The number of aliphatic hydroxyl groups is 4. The molecule has 48 heavy (non-hydrogen) atoms. The summed E-state index contributed by atoms with van der Waals surface area (Å²) in [7, 11) is 1.59. The second-order valence-corrected chi connectivity index (χ2v) is 13.2. The molecule has 0 spiro atoms. The summed E-state index contributed by atoms with van der Waals surface area (Å²) in [6, 6.07) is 12.6. The van der Waals surface area contributed by atoms with Crippen molar-refractivity contribution in [2.45, 2.75) is 77.8 Å². The number of hydrogen-bond donors (Lipinski definition) is 4. The SMILES string of the molecule is COc1ccc2c(C(=O)c3ccc(/C=C/COC4O[C@H](CO)[C@H](O)[C@H](O)[C@H]4O)cc3)cn(CC(=O)N(CCC(C)C)CCC(C)C)c2c1. The quantitative estimate of drug-likeness (QED) is 0.168. The van der Waals surface area contributed by atoms with Gasteiger partial charge < -0.3 is 44.1 Å². The molecule has 0 bridgehead atoms. The number of ketones is 1. The first kappa shape index (κ1) is 37.2. The Morgan fingerprint density at radius 2 is 1.62 bits per heavy atom. The van der Waals surface area contributed by atoms with Crippen molar-refractivity contribution in [3.8, 4) is 5.75 Å². The summed E-state index contributed by atoms with van der Waals surface area (Å²) in [6.45, 7) is 9.60. The predicted octanol–water partition coefficient (Wildman–Crippen LogP) is 3.63. The Bertz CT molecular complexity index is 1520. The smallest absolute Gasteiger partial charge is 0.242 e. The minimum Gasteiger partial charge on any atom is -0.497 e. The maximum Gasteiger partial charge on any atom is 0.242 e. The van der Waals surface area contributed by atoms with Gasteiger partial charge in [0.2, 0.25) is 5.91 Å². The maximum absolute atomic E-state index is 13.8. The summed E-state index contributed by atoms with van der Waals surface area (Å²) in [5.41, 5.74) is 2.52. The third kappa shape index (κ3) is 9.31. The molecule has 1 saturated heterocycles. The number of aromatic nitrogens is 1. The number of ether oxygens (including phenoxy) is 3. The van der Waals surface area contributed by atoms with Crippen LogP contribution >= 0.6 is 0 Å². The molecule has 0 radical (unpaired) electrons. The lowest BCUT2D eigenvalue weighted by Crippen LogP contribution is -2.59. The van der Waals surface area contributed by atoms with Gasteiger partial charge in [-0.1, -0.05) is 64.1 Å². The molecule has 4 rings (SSSR count). The summed E-state index contributed by atoms with van der Waals surface area (Å²) >= 11 is 0. The van der Waals surface area contributed by atoms with Crippen molar-refractivity contribution in [2.75, 3.05) is 33.4 Å². The third-order valence-corrected chi connectivity index (χ3v) is 8.63. The zero-order chi connectivity index (χ0) is 35.0. The number of aliphatic hydroxyl groups excluding tert-OH is 4. The van der Waals surface area contributed by atoms with Crippen molar-refractivity contribution in [3.05, 3.63) is 71.4 Å². The molecule has 1 amide bonds. The summed E-state index contributed by atoms with van der Waals surface area (Å²) in [4.78, 5) is 29.4. The highest BCUT2D eigenvalue weighted by molar-refractivity contribution is 6.16. The topological polar surface area (TPSA) is 151 Å². The van der Waals surface area contributed by atoms with E-state index in [-0.39, 0.29) is 24.8 Å². The van der Waals surface area contributed by atoms with Gasteiger partial charge in [0.1, 0.15) is 36.7 Å². The lowest BCUT2D eigenvalue weighted by Gasteiger charge is -2.39. The first-order valence-electron chi connectivity index (χ1n) is 16.6. The molecule has 2 aromatic carbocycles. The Kier molecular flexibility index (Phi) is 13.3. The molecule has 11 nitrogen and oxygen atoms in total. The summed E-state index contributed by atoms with van der Waals surface area (Å²) in [5.74, 6) is 1.44. The zero-order valence-electron chi connectivity index (χ0n) is 28.5. The Balaban J connectivity index is 1.47. The summed E-state index contributed by atoms with van der Waals surface area (Å²) in [5, 5.41) is 40.1. The fourth-order valence-electron chi connectivity index (χ4n) is 5.59. The minimum atomic E-state index is -1.51. The fourth-order valence-corrected chi connectivity index (χ4v) is 5.59. The number of rotatable bonds is 16. The maximum atomic E-state index is 13.8. The predicted molar refractivity (Wildman–Crippen MR) is 183 cm³/mol. The van der Waals surface area contributed by atoms with E-state index in [4.69, 9.17) is 14.2 Å². The van der Waals surface area contributed by atoms with E-state index in [0.717, 1.165) is 29.3 Å². The van der Waals surface area contributed by atoms with E-state index in [1.54, 1.807) is 49.7 Å². The van der Waals surface area contributed by atoms with Gasteiger partial charge in [-0.25, -0.2) is 0 Å². The number of carbonyl (C=O) groups is 2. The van der Waals surface area contributed by atoms with Crippen molar-refractivity contribution < 1.29 is 44.2 Å². The molecular weight excluding hydrogens is 616 g/mol. The minimum absolute atomic E-state index is 0.0154. The van der Waals surface area contributed by atoms with Gasteiger partial charge in [0.25, 0.3) is 0 Å². The van der Waals surface area contributed by atoms with Crippen LogP contribution in [0.2, 0.25) is 0 Å². The van der Waals surface area contributed by atoms with Crippen LogP contribution in [-0.2, 0) is 20.8 Å². The van der Waals surface area contributed by atoms with Crippen LogP contribution in [-0.4, -0.2) is 106 Å². The average Bonchev–Trinajstić information content (AvgIpc) is 3.43. The molecule has 3 aromatic rings. The molecule has 1 aliphatic heterocycles. The molecule has 2 heterocycles. The van der Waals surface area contributed by atoms with Crippen LogP contribution in [0.15, 0.2) is 54.7 Å². The molecule has 0 aliphatic carbocycles. The van der Waals surface area contributed by atoms with Crippen LogP contribution in [0.4, 0.5) is 0 Å². The number of methoxy groups -OCH3 is 1. The Labute approximate surface area is 282 Å². The summed E-state index contributed by atoms with van der Waals surface area (Å²) < 4.78 is 18.2. The summed E-state index contributed by atoms with van der Waals surface area (Å²) in [6.07, 6.45) is 0.364. The number of amides is 1. The van der Waals surface area contributed by atoms with Gasteiger partial charge in [-0.3, -0.25) is 9.59 Å². The normalized spacial score (nSPS) is 21.4. The van der Waals surface area contributed by atoms with Crippen molar-refractivity contribution in [1.82, 2.24) is 9.47 Å². The Hall–Kier alpha value is -3.58. The van der Waals surface area contributed by atoms with Crippen LogP contribution in [0.25, 0.3) is 17.0 Å². The number of carbonyl (C=O) groups excluding carboxylic acids is 2. The van der Waals surface area contributed by atoms with Gasteiger partial charge in [-0.15, -0.1) is 0 Å². The second kappa shape index (κ2) is 17.2. The molecule has 1 unspecified atom stereocenters. The van der Waals surface area contributed by atoms with Crippen LogP contribution in [0.5, 0.6) is 5.75 Å². The monoisotopic (exact) mass is 666 g/mol. The average molecular weight is 667 g/mol. The highest BCUT2D eigenvalue weighted by Crippen LogP contribution is 2.28. The lowest BCUT2D eigenvalue weighted by molar-refractivity contribution is -0.298. The van der Waals surface area contributed by atoms with Crippen LogP contribution in [0, 0.1) is 11.8 Å². The van der Waals surface area contributed by atoms with Gasteiger partial charge >= 0.3 is 0 Å². The van der Waals surface area contributed by atoms with Gasteiger partial charge in [0, 0.05) is 41.9 Å². The highest BCUT2D eigenvalue weighted by atomic mass is 16.7. The highest BCUT2D eigenvalue weighted by Gasteiger charge is 2.43. The third-order valence-electron chi connectivity index (χ3n) is 8.63. The lowest BCUT2D eigenvalue weighted by atomic mass is 9.99. The molecule has 5 atom stereocenters. The van der Waals surface area contributed by atoms with Crippen molar-refractivity contribution in [2.24, 2.45) is 11.8 Å². The molecule has 1 fully saturated rings. The van der Waals surface area contributed by atoms with E-state index in [2.05, 4.69) is 27.7 Å². The van der Waals surface area contributed by atoms with E-state index in [9.17, 15) is 30.0 Å². The van der Waals surface area contributed by atoms with E-state index in [0.29, 0.717) is 41.8 Å². The number of nitrogens with zero attached hydrogens (tertiary/aromatic N) is 2. The van der Waals surface area contributed by atoms with Crippen LogP contribution in [0.3, 0.4) is 0 Å². The van der Waals surface area contributed by atoms with Gasteiger partial charge in [0.05, 0.1) is 25.8 Å². The van der Waals surface area contributed by atoms with Crippen LogP contribution in [0.1, 0.15) is 62.0 Å². The van der Waals surface area contributed by atoms with Crippen LogP contribution < -0.4 is 4.74 Å². The molecular formula is C37H50N2O9. The first-order valence-corrected chi connectivity index (χ1v) is 16.6. The van der Waals surface area contributed by atoms with E-state index in [1.807, 2.05) is 27.7 Å².